The quantitative estimate of drug-likeness (QED) is 0.864. The molecule has 2 rings (SSSR count). The Kier molecular flexibility index (Phi) is 4.41. The van der Waals surface area contributed by atoms with Gasteiger partial charge < -0.3 is 5.11 Å². The highest BCUT2D eigenvalue weighted by atomic mass is 16.4. The lowest BCUT2D eigenvalue weighted by molar-refractivity contribution is -0.136. The van der Waals surface area contributed by atoms with Gasteiger partial charge in [0.1, 0.15) is 0 Å². The summed E-state index contributed by atoms with van der Waals surface area (Å²) in [5.74, 6) is -0.304. The molecular formula is C17H22O2. The van der Waals surface area contributed by atoms with E-state index < -0.39 is 5.97 Å². The van der Waals surface area contributed by atoms with Gasteiger partial charge in [0.25, 0.3) is 0 Å². The number of fused-ring (bicyclic) bond motifs is 1. The number of aliphatic carboxylic acids is 1. The lowest BCUT2D eigenvalue weighted by Crippen LogP contribution is -1.97. The third-order valence-corrected chi connectivity index (χ3v) is 3.78. The largest absolute Gasteiger partial charge is 0.481 e. The van der Waals surface area contributed by atoms with Crippen molar-refractivity contribution >= 4 is 11.5 Å². The van der Waals surface area contributed by atoms with E-state index in [1.54, 1.807) is 0 Å². The van der Waals surface area contributed by atoms with E-state index in [9.17, 15) is 4.79 Å². The highest BCUT2D eigenvalue weighted by Gasteiger charge is 2.13. The summed E-state index contributed by atoms with van der Waals surface area (Å²) >= 11 is 0. The van der Waals surface area contributed by atoms with E-state index >= 15 is 0 Å². The van der Waals surface area contributed by atoms with Gasteiger partial charge in [-0.1, -0.05) is 38.1 Å². The lowest BCUT2D eigenvalue weighted by Gasteiger charge is -2.13. The first kappa shape index (κ1) is 13.9. The fourth-order valence-corrected chi connectivity index (χ4v) is 2.79. The van der Waals surface area contributed by atoms with Crippen molar-refractivity contribution in [3.05, 3.63) is 41.0 Å². The predicted molar refractivity (Wildman–Crippen MR) is 78.2 cm³/mol. The van der Waals surface area contributed by atoms with Gasteiger partial charge in [-0.05, 0) is 53.9 Å². The molecule has 0 fully saturated rings. The van der Waals surface area contributed by atoms with Crippen LogP contribution in [0.3, 0.4) is 0 Å². The molecule has 0 amide bonds. The van der Waals surface area contributed by atoms with Crippen molar-refractivity contribution in [2.24, 2.45) is 5.92 Å². The van der Waals surface area contributed by atoms with Gasteiger partial charge >= 0.3 is 5.97 Å². The average Bonchev–Trinajstić information content (AvgIpc) is 2.80. The maximum atomic E-state index is 10.6. The van der Waals surface area contributed by atoms with E-state index in [2.05, 4.69) is 38.1 Å². The number of hydrogen-bond donors (Lipinski definition) is 1. The van der Waals surface area contributed by atoms with E-state index in [4.69, 9.17) is 5.11 Å². The van der Waals surface area contributed by atoms with Crippen molar-refractivity contribution < 1.29 is 9.90 Å². The zero-order valence-electron chi connectivity index (χ0n) is 11.8. The van der Waals surface area contributed by atoms with Crippen LogP contribution < -0.4 is 0 Å². The molecule has 1 aliphatic carbocycles. The van der Waals surface area contributed by atoms with E-state index in [-0.39, 0.29) is 6.42 Å². The van der Waals surface area contributed by atoms with Crippen LogP contribution >= 0.6 is 0 Å². The molecule has 0 atom stereocenters. The van der Waals surface area contributed by atoms with Crippen LogP contribution in [0.5, 0.6) is 0 Å². The third kappa shape index (κ3) is 3.46. The summed E-state index contributed by atoms with van der Waals surface area (Å²) in [5.41, 5.74) is 5.50. The zero-order valence-corrected chi connectivity index (χ0v) is 11.8. The minimum absolute atomic E-state index is 0.209. The van der Waals surface area contributed by atoms with E-state index in [0.29, 0.717) is 12.3 Å². The van der Waals surface area contributed by atoms with Crippen molar-refractivity contribution in [3.63, 3.8) is 0 Å². The first-order valence-electron chi connectivity index (χ1n) is 7.12. The molecule has 0 spiro atoms. The Morgan fingerprint density at radius 3 is 2.74 bits per heavy atom. The fourth-order valence-electron chi connectivity index (χ4n) is 2.79. The Balaban J connectivity index is 2.21. The van der Waals surface area contributed by atoms with E-state index in [1.807, 2.05) is 0 Å². The van der Waals surface area contributed by atoms with Gasteiger partial charge in [-0.2, -0.15) is 0 Å². The van der Waals surface area contributed by atoms with Gasteiger partial charge in [0.05, 0.1) is 0 Å². The number of carbonyl (C=O) groups is 1. The van der Waals surface area contributed by atoms with Crippen LogP contribution in [0.15, 0.2) is 24.3 Å². The summed E-state index contributed by atoms with van der Waals surface area (Å²) in [6.07, 6.45) is 6.56. The molecule has 0 aliphatic heterocycles. The Morgan fingerprint density at radius 2 is 2.05 bits per heavy atom. The maximum Gasteiger partial charge on any atom is 0.303 e. The van der Waals surface area contributed by atoms with Gasteiger partial charge in [-0.25, -0.2) is 0 Å². The number of aryl methyl sites for hydroxylation is 2. The highest BCUT2D eigenvalue weighted by molar-refractivity contribution is 5.70. The summed E-state index contributed by atoms with van der Waals surface area (Å²) in [7, 11) is 0. The Hall–Kier alpha value is -1.57. The number of carboxylic acids is 1. The molecule has 0 unspecified atom stereocenters. The van der Waals surface area contributed by atoms with Crippen molar-refractivity contribution in [1.82, 2.24) is 0 Å². The molecule has 0 bridgehead atoms. The van der Waals surface area contributed by atoms with E-state index in [0.717, 1.165) is 0 Å². The first-order chi connectivity index (χ1) is 9.08. The minimum atomic E-state index is -0.728. The molecule has 1 aromatic rings. The van der Waals surface area contributed by atoms with Crippen molar-refractivity contribution in [2.45, 2.75) is 46.0 Å². The Bertz CT molecular complexity index is 498. The first-order valence-corrected chi connectivity index (χ1v) is 7.12. The van der Waals surface area contributed by atoms with Crippen LogP contribution in [0.4, 0.5) is 0 Å². The van der Waals surface area contributed by atoms with Crippen LogP contribution in [0.2, 0.25) is 0 Å². The molecule has 2 heteroatoms. The average molecular weight is 258 g/mol. The van der Waals surface area contributed by atoms with Gasteiger partial charge in [0.15, 0.2) is 0 Å². The second-order valence-electron chi connectivity index (χ2n) is 5.58. The van der Waals surface area contributed by atoms with Crippen LogP contribution in [0.1, 0.15) is 49.8 Å². The van der Waals surface area contributed by atoms with Gasteiger partial charge in [-0.15, -0.1) is 0 Å². The number of allylic oxidation sites excluding steroid dienone is 2. The summed E-state index contributed by atoms with van der Waals surface area (Å²) in [4.78, 5) is 10.6. The lowest BCUT2D eigenvalue weighted by atomic mass is 9.92. The molecule has 102 valence electrons. The molecule has 0 radical (unpaired) electrons. The topological polar surface area (TPSA) is 37.3 Å². The summed E-state index contributed by atoms with van der Waals surface area (Å²) in [5, 5.41) is 8.73. The van der Waals surface area contributed by atoms with Gasteiger partial charge in [0, 0.05) is 6.42 Å². The van der Waals surface area contributed by atoms with Crippen molar-refractivity contribution in [1.29, 1.82) is 0 Å². The molecular weight excluding hydrogens is 236 g/mol. The molecule has 1 N–H and O–H groups in total. The minimum Gasteiger partial charge on any atom is -0.481 e. The van der Waals surface area contributed by atoms with Crippen molar-refractivity contribution in [2.75, 3.05) is 0 Å². The van der Waals surface area contributed by atoms with Crippen LogP contribution in [-0.4, -0.2) is 11.1 Å². The fraction of sp³-hybridized carbons (Fsp3) is 0.471. The molecule has 19 heavy (non-hydrogen) atoms. The summed E-state index contributed by atoms with van der Waals surface area (Å²) in [6, 6.07) is 6.73. The molecule has 0 heterocycles. The SMILES string of the molecule is CC(C)/C(=C\CCC(=O)O)c1ccc2c(c1)CCC2. The molecule has 0 aromatic heterocycles. The molecule has 0 saturated heterocycles. The number of rotatable bonds is 5. The van der Waals surface area contributed by atoms with Crippen molar-refractivity contribution in [3.8, 4) is 0 Å². The second-order valence-corrected chi connectivity index (χ2v) is 5.58. The molecule has 1 aliphatic rings. The molecule has 1 aromatic carbocycles. The Morgan fingerprint density at radius 1 is 1.32 bits per heavy atom. The molecule has 2 nitrogen and oxygen atoms in total. The molecule has 0 saturated carbocycles. The maximum absolute atomic E-state index is 10.6. The standard InChI is InChI=1S/C17H22O2/c1-12(2)16(7-4-8-17(18)19)15-10-9-13-5-3-6-14(13)11-15/h7,9-12H,3-6,8H2,1-2H3,(H,18,19)/b16-7+. The highest BCUT2D eigenvalue weighted by Crippen LogP contribution is 2.29. The smallest absolute Gasteiger partial charge is 0.303 e. The zero-order chi connectivity index (χ0) is 13.8. The normalized spacial score (nSPS) is 14.8. The summed E-state index contributed by atoms with van der Waals surface area (Å²) in [6.45, 7) is 4.33. The predicted octanol–water partition coefficient (Wildman–Crippen LogP) is 4.08. The second kappa shape index (κ2) is 6.05. The number of benzene rings is 1. The van der Waals surface area contributed by atoms with Gasteiger partial charge in [0.2, 0.25) is 0 Å². The van der Waals surface area contributed by atoms with E-state index in [1.165, 1.54) is 41.5 Å². The third-order valence-electron chi connectivity index (χ3n) is 3.78. The van der Waals surface area contributed by atoms with Crippen LogP contribution in [0.25, 0.3) is 5.57 Å². The summed E-state index contributed by atoms with van der Waals surface area (Å²) < 4.78 is 0. The Labute approximate surface area is 115 Å². The number of carboxylic acid groups (broad SMARTS) is 1. The van der Waals surface area contributed by atoms with Gasteiger partial charge in [-0.3, -0.25) is 4.79 Å². The monoisotopic (exact) mass is 258 g/mol. The van der Waals surface area contributed by atoms with Crippen LogP contribution in [0, 0.1) is 5.92 Å². The number of hydrogen-bond acceptors (Lipinski definition) is 1. The van der Waals surface area contributed by atoms with Crippen LogP contribution in [-0.2, 0) is 17.6 Å².